The third-order valence-electron chi connectivity index (χ3n) is 7.90. The van der Waals surface area contributed by atoms with Crippen LogP contribution < -0.4 is 16.0 Å². The molecule has 1 aliphatic heterocycles. The average molecular weight is 677 g/mol. The molecule has 4 amide bonds. The second-order valence-electron chi connectivity index (χ2n) is 14.0. The van der Waals surface area contributed by atoms with Gasteiger partial charge in [0.2, 0.25) is 17.6 Å². The number of esters is 1. The monoisotopic (exact) mass is 676 g/mol. The van der Waals surface area contributed by atoms with E-state index in [1.807, 2.05) is 0 Å². The zero-order valence-electron chi connectivity index (χ0n) is 30.3. The van der Waals surface area contributed by atoms with Crippen molar-refractivity contribution in [1.82, 2.24) is 20.9 Å². The molecule has 48 heavy (non-hydrogen) atoms. The van der Waals surface area contributed by atoms with Crippen LogP contribution in [-0.4, -0.2) is 82.9 Å². The summed E-state index contributed by atoms with van der Waals surface area (Å²) in [7, 11) is 0. The lowest BCUT2D eigenvalue weighted by Crippen LogP contribution is -2.58. The summed E-state index contributed by atoms with van der Waals surface area (Å²) in [5, 5.41) is 7.89. The number of alkyl carbamates (subject to hydrolysis) is 1. The largest absolute Gasteiger partial charge is 0.455 e. The van der Waals surface area contributed by atoms with Gasteiger partial charge in [-0.05, 0) is 85.1 Å². The van der Waals surface area contributed by atoms with Crippen LogP contribution in [0.5, 0.6) is 0 Å². The van der Waals surface area contributed by atoms with Crippen molar-refractivity contribution >= 4 is 35.6 Å². The Balaban J connectivity index is 0.00000369. The minimum Gasteiger partial charge on any atom is -0.455 e. The maximum atomic E-state index is 13.9. The number of amides is 4. The molecule has 1 saturated carbocycles. The Morgan fingerprint density at radius 1 is 0.896 bits per heavy atom. The molecule has 0 radical (unpaired) electrons. The van der Waals surface area contributed by atoms with E-state index in [1.165, 1.54) is 17.4 Å². The number of nitrogens with zero attached hydrogens (tertiary/aromatic N) is 1. The van der Waals surface area contributed by atoms with E-state index in [9.17, 15) is 28.8 Å². The highest BCUT2D eigenvalue weighted by molar-refractivity contribution is 6.38. The van der Waals surface area contributed by atoms with E-state index in [4.69, 9.17) is 9.47 Å². The number of carbonyl (C=O) groups is 6. The zero-order chi connectivity index (χ0) is 36.5. The van der Waals surface area contributed by atoms with Crippen molar-refractivity contribution in [2.45, 2.75) is 148 Å². The summed E-state index contributed by atoms with van der Waals surface area (Å²) < 4.78 is 10.7. The molecule has 0 spiro atoms. The molecule has 12 heteroatoms. The van der Waals surface area contributed by atoms with Gasteiger partial charge in [-0.25, -0.2) is 4.79 Å². The first-order valence-electron chi connectivity index (χ1n) is 17.4. The normalized spacial score (nSPS) is 17.8. The van der Waals surface area contributed by atoms with Gasteiger partial charge in [-0.1, -0.05) is 52.2 Å². The van der Waals surface area contributed by atoms with Crippen molar-refractivity contribution in [3.8, 4) is 0 Å². The van der Waals surface area contributed by atoms with E-state index in [0.717, 1.165) is 32.1 Å². The third kappa shape index (κ3) is 15.0. The van der Waals surface area contributed by atoms with E-state index >= 15 is 0 Å². The van der Waals surface area contributed by atoms with Crippen LogP contribution in [0.2, 0.25) is 0 Å². The lowest BCUT2D eigenvalue weighted by Gasteiger charge is -2.35. The van der Waals surface area contributed by atoms with Gasteiger partial charge >= 0.3 is 12.1 Å². The van der Waals surface area contributed by atoms with E-state index in [1.54, 1.807) is 40.7 Å². The summed E-state index contributed by atoms with van der Waals surface area (Å²) in [6.45, 7) is 20.3. The van der Waals surface area contributed by atoms with E-state index in [0.29, 0.717) is 25.8 Å². The molecule has 0 aromatic heterocycles. The number of likely N-dealkylation sites (tertiary alicyclic amines) is 1. The van der Waals surface area contributed by atoms with Crippen LogP contribution in [0.3, 0.4) is 0 Å². The van der Waals surface area contributed by atoms with Gasteiger partial charge in [0.05, 0.1) is 12.5 Å². The maximum absolute atomic E-state index is 13.9. The van der Waals surface area contributed by atoms with Crippen molar-refractivity contribution in [2.75, 3.05) is 13.1 Å². The number of carbonyl (C=O) groups excluding carboxylic acids is 6. The fraction of sp³-hybridized carbons (Fsp3) is 0.722. The highest BCUT2D eigenvalue weighted by Gasteiger charge is 2.42. The molecule has 1 unspecified atom stereocenters. The predicted octanol–water partition coefficient (Wildman–Crippen LogP) is 4.90. The number of nitrogens with one attached hydrogen (secondary N) is 3. The first-order valence-corrected chi connectivity index (χ1v) is 17.4. The molecule has 272 valence electrons. The van der Waals surface area contributed by atoms with Crippen LogP contribution in [0.15, 0.2) is 25.3 Å². The summed E-state index contributed by atoms with van der Waals surface area (Å²) in [4.78, 5) is 79.5. The Labute approximate surface area is 287 Å². The number of rotatable bonds is 15. The number of Topliss-reactive ketones (excluding diaryl/α,β-unsaturated/α-hetero) is 1. The quantitative estimate of drug-likeness (QED) is 0.125. The number of hydrogen-bond acceptors (Lipinski definition) is 8. The Bertz CT molecular complexity index is 1120. The van der Waals surface area contributed by atoms with E-state index < -0.39 is 59.0 Å². The van der Waals surface area contributed by atoms with E-state index in [2.05, 4.69) is 43.0 Å². The topological polar surface area (TPSA) is 160 Å². The summed E-state index contributed by atoms with van der Waals surface area (Å²) in [5.41, 5.74) is -1.61. The third-order valence-corrected chi connectivity index (χ3v) is 7.90. The molecule has 1 saturated heterocycles. The molecule has 2 rings (SSSR count). The van der Waals surface area contributed by atoms with Gasteiger partial charge in [-0.15, -0.1) is 6.58 Å². The lowest BCUT2D eigenvalue weighted by atomic mass is 9.83. The van der Waals surface area contributed by atoms with Gasteiger partial charge in [0.15, 0.2) is 0 Å². The van der Waals surface area contributed by atoms with Gasteiger partial charge < -0.3 is 30.3 Å². The van der Waals surface area contributed by atoms with Crippen molar-refractivity contribution in [2.24, 2.45) is 5.92 Å². The van der Waals surface area contributed by atoms with Gasteiger partial charge in [0.1, 0.15) is 23.3 Å². The maximum Gasteiger partial charge on any atom is 0.408 e. The van der Waals surface area contributed by atoms with Crippen molar-refractivity contribution < 1.29 is 38.2 Å². The van der Waals surface area contributed by atoms with Crippen molar-refractivity contribution in [3.63, 3.8) is 0 Å². The molecule has 0 aromatic rings. The van der Waals surface area contributed by atoms with Crippen LogP contribution in [0.25, 0.3) is 0 Å². The molecule has 1 aliphatic carbocycles. The smallest absolute Gasteiger partial charge is 0.408 e. The average Bonchev–Trinajstić information content (AvgIpc) is 3.51. The molecular formula is C36H60N4O8. The minimum absolute atomic E-state index is 0.0891. The summed E-state index contributed by atoms with van der Waals surface area (Å²) in [6.07, 6.45) is 9.37. The number of ketones is 1. The number of allylic oxidation sites excluding steroid dienone is 1. The van der Waals surface area contributed by atoms with Crippen molar-refractivity contribution in [1.29, 1.82) is 0 Å². The van der Waals surface area contributed by atoms with Gasteiger partial charge in [-0.2, -0.15) is 0 Å². The van der Waals surface area contributed by atoms with Gasteiger partial charge in [-0.3, -0.25) is 24.0 Å². The number of hydrogen-bond donors (Lipinski definition) is 3. The van der Waals surface area contributed by atoms with Crippen molar-refractivity contribution in [3.05, 3.63) is 25.3 Å². The molecule has 1 heterocycles. The Kier molecular flexibility index (Phi) is 18.2. The molecule has 0 aromatic carbocycles. The molecular weight excluding hydrogens is 616 g/mol. The summed E-state index contributed by atoms with van der Waals surface area (Å²) in [5.74, 6) is -3.38. The standard InChI is InChI=1S/C33H52N4O8.C3H8/c1-8-10-17-23(27(39)29(41)34-20-19-25(38)44-33(6,7)9-2)35-28(40)24-18-14-21-37(24)30(42)26(22-15-12-11-13-16-22)36-31(43)45-32(3,4)5;1-3-2/h8-9,22-24,26H,1-2,10-21H2,3-7H3,(H,34,41)(H,35,40)(H,36,43);3H2,1-2H3/t23?,24-,26-;/m0./s1. The molecule has 12 nitrogen and oxygen atoms in total. The first kappa shape index (κ1) is 42.3. The van der Waals surface area contributed by atoms with Gasteiger partial charge in [0.25, 0.3) is 5.91 Å². The highest BCUT2D eigenvalue weighted by atomic mass is 16.6. The molecule has 3 N–H and O–H groups in total. The second-order valence-corrected chi connectivity index (χ2v) is 14.0. The number of ether oxygens (including phenoxy) is 2. The Morgan fingerprint density at radius 3 is 2.08 bits per heavy atom. The van der Waals surface area contributed by atoms with Gasteiger partial charge in [0, 0.05) is 13.1 Å². The van der Waals surface area contributed by atoms with Crippen LogP contribution in [0.4, 0.5) is 4.79 Å². The highest BCUT2D eigenvalue weighted by Crippen LogP contribution is 2.29. The lowest BCUT2D eigenvalue weighted by molar-refractivity contribution is -0.152. The fourth-order valence-electron chi connectivity index (χ4n) is 5.50. The fourth-order valence-corrected chi connectivity index (χ4v) is 5.50. The molecule has 2 fully saturated rings. The summed E-state index contributed by atoms with van der Waals surface area (Å²) >= 11 is 0. The van der Waals surface area contributed by atoms with E-state index in [-0.39, 0.29) is 31.2 Å². The van der Waals surface area contributed by atoms with Crippen LogP contribution in [-0.2, 0) is 33.4 Å². The SMILES string of the molecule is C=CCCC(NC(=O)[C@@H]1CCCN1C(=O)[C@@H](NC(=O)OC(C)(C)C)C1CCCCC1)C(=O)C(=O)NCCC(=O)OC(C)(C)C=C.CCC. The molecule has 0 bridgehead atoms. The Hall–Kier alpha value is -3.70. The Morgan fingerprint density at radius 2 is 1.52 bits per heavy atom. The predicted molar refractivity (Wildman–Crippen MR) is 185 cm³/mol. The van der Waals surface area contributed by atoms with Crippen LogP contribution in [0, 0.1) is 5.92 Å². The molecule has 3 atom stereocenters. The van der Waals surface area contributed by atoms with Crippen LogP contribution >= 0.6 is 0 Å². The zero-order valence-corrected chi connectivity index (χ0v) is 30.3. The summed E-state index contributed by atoms with van der Waals surface area (Å²) in [6, 6.07) is -2.87. The first-order chi connectivity index (χ1) is 22.5. The minimum atomic E-state index is -1.16. The van der Waals surface area contributed by atoms with Crippen LogP contribution in [0.1, 0.15) is 119 Å². The second kappa shape index (κ2) is 20.6. The molecule has 2 aliphatic rings.